The van der Waals surface area contributed by atoms with Crippen molar-refractivity contribution in [2.75, 3.05) is 0 Å². The zero-order chi connectivity index (χ0) is 8.39. The van der Waals surface area contributed by atoms with Gasteiger partial charge in [-0.15, -0.1) is 11.3 Å². The molecule has 0 aliphatic carbocycles. The minimum Gasteiger partial charge on any atom is -0.339 e. The van der Waals surface area contributed by atoms with Crippen molar-refractivity contribution in [3.05, 3.63) is 23.4 Å². The Hall–Kier alpha value is -1.16. The van der Waals surface area contributed by atoms with Crippen LogP contribution in [0.3, 0.4) is 0 Å². The van der Waals surface area contributed by atoms with Gasteiger partial charge in [0.15, 0.2) is 0 Å². The van der Waals surface area contributed by atoms with Crippen LogP contribution in [0, 0.1) is 0 Å². The van der Waals surface area contributed by atoms with E-state index < -0.39 is 0 Å². The minimum atomic E-state index is 0.693. The smallest absolute Gasteiger partial charge is 0.226 e. The highest BCUT2D eigenvalue weighted by Crippen LogP contribution is 2.21. The van der Waals surface area contributed by atoms with E-state index in [-0.39, 0.29) is 0 Å². The summed E-state index contributed by atoms with van der Waals surface area (Å²) >= 11 is 1.61. The Labute approximate surface area is 74.0 Å². The van der Waals surface area contributed by atoms with Gasteiger partial charge in [0.05, 0.1) is 4.88 Å². The van der Waals surface area contributed by atoms with Crippen molar-refractivity contribution < 1.29 is 4.52 Å². The average Bonchev–Trinajstić information content (AvgIpc) is 2.75. The van der Waals surface area contributed by atoms with Gasteiger partial charge >= 0.3 is 0 Å². The largest absolute Gasteiger partial charge is 0.339 e. The van der Waals surface area contributed by atoms with E-state index in [9.17, 15) is 0 Å². The maximum Gasteiger partial charge on any atom is 0.226 e. The van der Waals surface area contributed by atoms with Crippen molar-refractivity contribution in [1.29, 1.82) is 0 Å². The van der Waals surface area contributed by atoms with Crippen LogP contribution in [0.4, 0.5) is 0 Å². The molecule has 0 bridgehead atoms. The molecule has 0 spiro atoms. The predicted molar refractivity (Wildman–Crippen MR) is 47.0 cm³/mol. The maximum absolute atomic E-state index is 4.98. The summed E-state index contributed by atoms with van der Waals surface area (Å²) in [6.45, 7) is 1.99. The van der Waals surface area contributed by atoms with Crippen molar-refractivity contribution in [3.8, 4) is 10.7 Å². The van der Waals surface area contributed by atoms with Gasteiger partial charge < -0.3 is 4.52 Å². The Kier molecular flexibility index (Phi) is 1.91. The van der Waals surface area contributed by atoms with E-state index in [2.05, 4.69) is 10.1 Å². The van der Waals surface area contributed by atoms with Gasteiger partial charge in [-0.2, -0.15) is 4.98 Å². The first-order chi connectivity index (χ1) is 5.90. The second-order valence-electron chi connectivity index (χ2n) is 2.34. The molecule has 2 aromatic rings. The molecule has 3 nitrogen and oxygen atoms in total. The number of aryl methyl sites for hydroxylation is 1. The number of thiophene rings is 1. The normalized spacial score (nSPS) is 10.4. The van der Waals surface area contributed by atoms with E-state index in [0.717, 1.165) is 11.3 Å². The molecule has 0 saturated heterocycles. The van der Waals surface area contributed by atoms with Crippen LogP contribution < -0.4 is 0 Å². The molecule has 0 aliphatic rings. The van der Waals surface area contributed by atoms with Gasteiger partial charge in [-0.1, -0.05) is 18.1 Å². The van der Waals surface area contributed by atoms with E-state index in [1.165, 1.54) is 0 Å². The lowest BCUT2D eigenvalue weighted by molar-refractivity contribution is 0.383. The first-order valence-electron chi connectivity index (χ1n) is 3.76. The van der Waals surface area contributed by atoms with Crippen LogP contribution in [-0.2, 0) is 6.42 Å². The predicted octanol–water partition coefficient (Wildman–Crippen LogP) is 2.36. The molecule has 0 aromatic carbocycles. The fraction of sp³-hybridized carbons (Fsp3) is 0.250. The molecule has 62 valence electrons. The highest BCUT2D eigenvalue weighted by molar-refractivity contribution is 7.13. The van der Waals surface area contributed by atoms with Crippen LogP contribution in [0.2, 0.25) is 0 Å². The zero-order valence-electron chi connectivity index (χ0n) is 6.65. The van der Waals surface area contributed by atoms with Crippen LogP contribution >= 0.6 is 11.3 Å². The average molecular weight is 180 g/mol. The number of nitrogens with zero attached hydrogens (tertiary/aromatic N) is 2. The second-order valence-corrected chi connectivity index (χ2v) is 3.29. The number of aromatic nitrogens is 2. The van der Waals surface area contributed by atoms with E-state index >= 15 is 0 Å². The summed E-state index contributed by atoms with van der Waals surface area (Å²) in [6.07, 6.45) is 0.790. The summed E-state index contributed by atoms with van der Waals surface area (Å²) < 4.78 is 4.98. The van der Waals surface area contributed by atoms with Crippen molar-refractivity contribution in [2.45, 2.75) is 13.3 Å². The summed E-state index contributed by atoms with van der Waals surface area (Å²) in [6, 6.07) is 3.96. The molecule has 2 rings (SSSR count). The Bertz CT molecular complexity index is 353. The molecule has 0 saturated carbocycles. The van der Waals surface area contributed by atoms with E-state index in [1.807, 2.05) is 24.4 Å². The molecular weight excluding hydrogens is 172 g/mol. The Morgan fingerprint density at radius 2 is 2.50 bits per heavy atom. The third kappa shape index (κ3) is 1.25. The van der Waals surface area contributed by atoms with Crippen LogP contribution in [-0.4, -0.2) is 10.1 Å². The zero-order valence-corrected chi connectivity index (χ0v) is 7.47. The monoisotopic (exact) mass is 180 g/mol. The highest BCUT2D eigenvalue weighted by Gasteiger charge is 2.06. The van der Waals surface area contributed by atoms with Gasteiger partial charge in [0, 0.05) is 6.42 Å². The van der Waals surface area contributed by atoms with Gasteiger partial charge in [0.1, 0.15) is 0 Å². The fourth-order valence-electron chi connectivity index (χ4n) is 0.904. The number of rotatable bonds is 2. The topological polar surface area (TPSA) is 38.9 Å². The molecule has 12 heavy (non-hydrogen) atoms. The lowest BCUT2D eigenvalue weighted by atomic mass is 10.4. The van der Waals surface area contributed by atoms with Gasteiger partial charge in [-0.3, -0.25) is 0 Å². The molecule has 2 aromatic heterocycles. The standard InChI is InChI=1S/C8H8N2OS/c1-2-7-9-8(10-11-7)6-4-3-5-12-6/h3-5H,2H2,1H3. The van der Waals surface area contributed by atoms with Crippen LogP contribution in [0.1, 0.15) is 12.8 Å². The van der Waals surface area contributed by atoms with Crippen molar-refractivity contribution in [2.24, 2.45) is 0 Å². The summed E-state index contributed by atoms with van der Waals surface area (Å²) in [7, 11) is 0. The first kappa shape index (κ1) is 7.49. The molecule has 2 heterocycles. The van der Waals surface area contributed by atoms with Crippen molar-refractivity contribution in [1.82, 2.24) is 10.1 Å². The second kappa shape index (κ2) is 3.06. The van der Waals surface area contributed by atoms with Gasteiger partial charge in [0.2, 0.25) is 11.7 Å². The third-order valence-electron chi connectivity index (χ3n) is 1.51. The summed E-state index contributed by atoms with van der Waals surface area (Å²) in [5.74, 6) is 1.39. The Balaban J connectivity index is 2.35. The molecule has 0 aliphatic heterocycles. The minimum absolute atomic E-state index is 0.693. The molecule has 0 amide bonds. The van der Waals surface area contributed by atoms with E-state index in [0.29, 0.717) is 11.7 Å². The van der Waals surface area contributed by atoms with Crippen LogP contribution in [0.15, 0.2) is 22.0 Å². The SMILES string of the molecule is CCc1nc(-c2cccs2)no1. The van der Waals surface area contributed by atoms with Crippen LogP contribution in [0.25, 0.3) is 10.7 Å². The lowest BCUT2D eigenvalue weighted by Crippen LogP contribution is -1.78. The molecule has 4 heteroatoms. The lowest BCUT2D eigenvalue weighted by Gasteiger charge is -1.81. The van der Waals surface area contributed by atoms with Gasteiger partial charge in [-0.25, -0.2) is 0 Å². The summed E-state index contributed by atoms with van der Waals surface area (Å²) in [5.41, 5.74) is 0. The van der Waals surface area contributed by atoms with Gasteiger partial charge in [-0.05, 0) is 11.4 Å². The molecule has 0 radical (unpaired) electrons. The Morgan fingerprint density at radius 1 is 1.58 bits per heavy atom. The summed E-state index contributed by atoms with van der Waals surface area (Å²) in [5, 5.41) is 5.85. The molecule has 0 fully saturated rings. The number of hydrogen-bond donors (Lipinski definition) is 0. The quantitative estimate of drug-likeness (QED) is 0.712. The Morgan fingerprint density at radius 3 is 3.08 bits per heavy atom. The van der Waals surface area contributed by atoms with E-state index in [4.69, 9.17) is 4.52 Å². The summed E-state index contributed by atoms with van der Waals surface area (Å²) in [4.78, 5) is 5.26. The van der Waals surface area contributed by atoms with Crippen molar-refractivity contribution in [3.63, 3.8) is 0 Å². The maximum atomic E-state index is 4.98. The highest BCUT2D eigenvalue weighted by atomic mass is 32.1. The fourth-order valence-corrected chi connectivity index (χ4v) is 1.55. The van der Waals surface area contributed by atoms with Crippen molar-refractivity contribution >= 4 is 11.3 Å². The third-order valence-corrected chi connectivity index (χ3v) is 2.38. The molecule has 0 atom stereocenters. The molecule has 0 N–H and O–H groups in total. The molecular formula is C8H8N2OS. The van der Waals surface area contributed by atoms with Gasteiger partial charge in [0.25, 0.3) is 0 Å². The molecule has 0 unspecified atom stereocenters. The van der Waals surface area contributed by atoms with Crippen LogP contribution in [0.5, 0.6) is 0 Å². The van der Waals surface area contributed by atoms with E-state index in [1.54, 1.807) is 11.3 Å². The first-order valence-corrected chi connectivity index (χ1v) is 4.64. The number of hydrogen-bond acceptors (Lipinski definition) is 4.